The quantitative estimate of drug-likeness (QED) is 0.293. The fourth-order valence-electron chi connectivity index (χ4n) is 4.93. The van der Waals surface area contributed by atoms with Gasteiger partial charge in [-0.2, -0.15) is 0 Å². The Kier molecular flexibility index (Phi) is 5.93. The Morgan fingerprint density at radius 1 is 1.14 bits per heavy atom. The first-order valence-corrected chi connectivity index (χ1v) is 11.9. The van der Waals surface area contributed by atoms with Gasteiger partial charge in [0.15, 0.2) is 11.5 Å². The van der Waals surface area contributed by atoms with Crippen molar-refractivity contribution in [1.82, 2.24) is 9.55 Å². The average Bonchev–Trinajstić information content (AvgIpc) is 3.26. The molecular weight excluding hydrogens is 504 g/mol. The zero-order valence-corrected chi connectivity index (χ0v) is 21.2. The van der Waals surface area contributed by atoms with Crippen molar-refractivity contribution in [2.45, 2.75) is 25.4 Å². The number of fused-ring (bicyclic) bond motifs is 2. The first-order chi connectivity index (χ1) is 17.1. The molecule has 0 radical (unpaired) electrons. The van der Waals surface area contributed by atoms with Crippen molar-refractivity contribution in [2.75, 3.05) is 12.4 Å². The van der Waals surface area contributed by atoms with Crippen LogP contribution in [0.2, 0.25) is 10.0 Å². The van der Waals surface area contributed by atoms with E-state index in [1.54, 1.807) is 31.4 Å². The summed E-state index contributed by atoms with van der Waals surface area (Å²) in [6, 6.07) is 16.5. The maximum absolute atomic E-state index is 15.0. The molecule has 1 unspecified atom stereocenters. The number of carboxylic acid groups (broad SMARTS) is 1. The van der Waals surface area contributed by atoms with Crippen molar-refractivity contribution < 1.29 is 19.0 Å². The lowest BCUT2D eigenvalue weighted by Gasteiger charge is -2.41. The highest BCUT2D eigenvalue weighted by atomic mass is 35.5. The lowest BCUT2D eigenvalue weighted by atomic mass is 9.81. The van der Waals surface area contributed by atoms with Crippen LogP contribution in [-0.2, 0) is 5.54 Å². The first kappa shape index (κ1) is 24.2. The molecule has 6 nitrogen and oxygen atoms in total. The predicted octanol–water partition coefficient (Wildman–Crippen LogP) is 7.00. The van der Waals surface area contributed by atoms with E-state index >= 15 is 0 Å². The Bertz CT molecular complexity index is 1520. The number of hydrogen-bond acceptors (Lipinski definition) is 4. The fraction of sp³-hybridized carbons (Fsp3) is 0.185. The number of carbonyl (C=O) groups is 1. The Balaban J connectivity index is 1.85. The summed E-state index contributed by atoms with van der Waals surface area (Å²) < 4.78 is 22.4. The minimum absolute atomic E-state index is 0.0471. The molecule has 0 saturated heterocycles. The van der Waals surface area contributed by atoms with Crippen LogP contribution >= 0.6 is 23.2 Å². The van der Waals surface area contributed by atoms with Crippen molar-refractivity contribution >= 4 is 34.9 Å². The number of benzene rings is 3. The monoisotopic (exact) mass is 525 g/mol. The van der Waals surface area contributed by atoms with E-state index in [0.29, 0.717) is 27.9 Å². The van der Waals surface area contributed by atoms with Crippen molar-refractivity contribution in [1.29, 1.82) is 0 Å². The third-order valence-corrected chi connectivity index (χ3v) is 7.06. The third-order valence-electron chi connectivity index (χ3n) is 6.53. The molecule has 9 heteroatoms. The topological polar surface area (TPSA) is 76.4 Å². The number of ether oxygens (including phenoxy) is 1. The van der Waals surface area contributed by atoms with Gasteiger partial charge in [-0.3, -0.25) is 0 Å². The molecule has 0 fully saturated rings. The molecule has 0 spiro atoms. The van der Waals surface area contributed by atoms with Crippen LogP contribution in [0, 0.1) is 5.82 Å². The van der Waals surface area contributed by atoms with Crippen LogP contribution in [-0.4, -0.2) is 27.7 Å². The summed E-state index contributed by atoms with van der Waals surface area (Å²) >= 11 is 12.4. The Morgan fingerprint density at radius 3 is 2.61 bits per heavy atom. The highest BCUT2D eigenvalue weighted by molar-refractivity contribution is 6.31. The molecule has 1 aromatic heterocycles. The fourth-order valence-corrected chi connectivity index (χ4v) is 5.27. The molecule has 0 aliphatic carbocycles. The van der Waals surface area contributed by atoms with Crippen LogP contribution in [0.3, 0.4) is 0 Å². The number of aromatic nitrogens is 2. The summed E-state index contributed by atoms with van der Waals surface area (Å²) in [6.07, 6.45) is 0. The van der Waals surface area contributed by atoms with Crippen molar-refractivity contribution in [3.8, 4) is 17.1 Å². The molecule has 0 saturated carbocycles. The zero-order chi connectivity index (χ0) is 25.8. The average molecular weight is 526 g/mol. The molecule has 2 N–H and O–H groups in total. The third kappa shape index (κ3) is 3.70. The number of anilines is 1. The smallest absolute Gasteiger partial charge is 0.356 e. The van der Waals surface area contributed by atoms with Gasteiger partial charge >= 0.3 is 5.97 Å². The van der Waals surface area contributed by atoms with Crippen LogP contribution in [0.15, 0.2) is 60.7 Å². The van der Waals surface area contributed by atoms with E-state index in [1.165, 1.54) is 6.07 Å². The molecule has 1 atom stereocenters. The van der Waals surface area contributed by atoms with E-state index in [-0.39, 0.29) is 16.4 Å². The lowest BCUT2D eigenvalue weighted by Crippen LogP contribution is -2.39. The number of halogens is 3. The second-order valence-electron chi connectivity index (χ2n) is 8.98. The molecule has 0 bridgehead atoms. The maximum atomic E-state index is 15.0. The predicted molar refractivity (Wildman–Crippen MR) is 138 cm³/mol. The van der Waals surface area contributed by atoms with Gasteiger partial charge in [-0.05, 0) is 61.4 Å². The standard InChI is InChI=1S/C27H22Cl2FN3O3/c1-27(2)17-13-14(28)11-12-15(17)22(31-19-9-6-8-18(29)21(19)30)24-23(26(34)35)32-25(33(24)27)16-7-4-5-10-20(16)36-3/h4-13,22,31H,1-3H3,(H,34,35). The number of nitrogens with zero attached hydrogens (tertiary/aromatic N) is 2. The lowest BCUT2D eigenvalue weighted by molar-refractivity contribution is 0.0689. The highest BCUT2D eigenvalue weighted by Gasteiger charge is 2.43. The van der Waals surface area contributed by atoms with Crippen LogP contribution in [0.4, 0.5) is 10.1 Å². The molecule has 1 aliphatic rings. The number of carboxylic acids is 1. The molecule has 4 aromatic rings. The number of imidazole rings is 1. The largest absolute Gasteiger partial charge is 0.496 e. The van der Waals surface area contributed by atoms with Gasteiger partial charge in [0.1, 0.15) is 11.6 Å². The SMILES string of the molecule is COc1ccccc1-c1nc(C(=O)O)c2n1C(C)(C)c1cc(Cl)ccc1C2Nc1cccc(Cl)c1F. The van der Waals surface area contributed by atoms with Gasteiger partial charge < -0.3 is 19.7 Å². The molecule has 5 rings (SSSR count). The van der Waals surface area contributed by atoms with Crippen molar-refractivity contribution in [2.24, 2.45) is 0 Å². The highest BCUT2D eigenvalue weighted by Crippen LogP contribution is 2.48. The van der Waals surface area contributed by atoms with Crippen LogP contribution < -0.4 is 10.1 Å². The number of para-hydroxylation sites is 1. The second kappa shape index (κ2) is 8.84. The molecule has 184 valence electrons. The summed E-state index contributed by atoms with van der Waals surface area (Å²) in [6.45, 7) is 3.93. The van der Waals surface area contributed by atoms with Gasteiger partial charge in [-0.15, -0.1) is 0 Å². The van der Waals surface area contributed by atoms with E-state index in [2.05, 4.69) is 10.3 Å². The molecule has 1 aliphatic heterocycles. The minimum atomic E-state index is -1.20. The molecule has 2 heterocycles. The molecular formula is C27H22Cl2FN3O3. The zero-order valence-electron chi connectivity index (χ0n) is 19.6. The van der Waals surface area contributed by atoms with Gasteiger partial charge in [0.25, 0.3) is 0 Å². The number of aromatic carboxylic acids is 1. The van der Waals surface area contributed by atoms with E-state index in [1.807, 2.05) is 48.7 Å². The number of methoxy groups -OCH3 is 1. The molecule has 36 heavy (non-hydrogen) atoms. The van der Waals surface area contributed by atoms with E-state index in [9.17, 15) is 14.3 Å². The number of hydrogen-bond donors (Lipinski definition) is 2. The molecule has 3 aromatic carbocycles. The van der Waals surface area contributed by atoms with Gasteiger partial charge in [0.2, 0.25) is 0 Å². The summed E-state index contributed by atoms with van der Waals surface area (Å²) in [5, 5.41) is 13.9. The van der Waals surface area contributed by atoms with E-state index < -0.39 is 23.4 Å². The number of rotatable bonds is 5. The minimum Gasteiger partial charge on any atom is -0.496 e. The second-order valence-corrected chi connectivity index (χ2v) is 9.82. The van der Waals surface area contributed by atoms with E-state index in [0.717, 1.165) is 11.1 Å². The Labute approximate surface area is 217 Å². The normalized spacial score (nSPS) is 15.7. The Hall–Kier alpha value is -3.55. The van der Waals surface area contributed by atoms with Crippen molar-refractivity contribution in [3.63, 3.8) is 0 Å². The van der Waals surface area contributed by atoms with Crippen LogP contribution in [0.25, 0.3) is 11.4 Å². The Morgan fingerprint density at radius 2 is 1.89 bits per heavy atom. The van der Waals surface area contributed by atoms with Crippen LogP contribution in [0.5, 0.6) is 5.75 Å². The van der Waals surface area contributed by atoms with E-state index in [4.69, 9.17) is 27.9 Å². The van der Waals surface area contributed by atoms with Gasteiger partial charge in [-0.25, -0.2) is 14.2 Å². The summed E-state index contributed by atoms with van der Waals surface area (Å²) in [4.78, 5) is 17.1. The molecule has 0 amide bonds. The summed E-state index contributed by atoms with van der Waals surface area (Å²) in [5.41, 5.74) is 1.82. The first-order valence-electron chi connectivity index (χ1n) is 11.2. The van der Waals surface area contributed by atoms with Crippen LogP contribution in [0.1, 0.15) is 47.2 Å². The van der Waals surface area contributed by atoms with Gasteiger partial charge in [-0.1, -0.05) is 47.5 Å². The maximum Gasteiger partial charge on any atom is 0.356 e. The van der Waals surface area contributed by atoms with Gasteiger partial charge in [0, 0.05) is 5.02 Å². The van der Waals surface area contributed by atoms with Crippen molar-refractivity contribution in [3.05, 3.63) is 99.0 Å². The van der Waals surface area contributed by atoms with Gasteiger partial charge in [0.05, 0.1) is 40.7 Å². The number of nitrogens with one attached hydrogen (secondary N) is 1. The summed E-state index contributed by atoms with van der Waals surface area (Å²) in [7, 11) is 1.55. The summed E-state index contributed by atoms with van der Waals surface area (Å²) in [5.74, 6) is -0.881.